The van der Waals surface area contributed by atoms with Crippen LogP contribution >= 0.6 is 0 Å². The van der Waals surface area contributed by atoms with Crippen LogP contribution in [0.3, 0.4) is 0 Å². The maximum absolute atomic E-state index is 0. The van der Waals surface area contributed by atoms with Gasteiger partial charge in [0.2, 0.25) is 0 Å². The van der Waals surface area contributed by atoms with Crippen LogP contribution < -0.4 is 24.8 Å². The number of rotatable bonds is 0. The van der Waals surface area contributed by atoms with Gasteiger partial charge in [0.25, 0.3) is 0 Å². The van der Waals surface area contributed by atoms with Gasteiger partial charge in [0.15, 0.2) is 0 Å². The van der Waals surface area contributed by atoms with Crippen molar-refractivity contribution in [2.75, 3.05) is 0 Å². The van der Waals surface area contributed by atoms with Crippen LogP contribution in [0.15, 0.2) is 0 Å². The van der Waals surface area contributed by atoms with Crippen LogP contribution in [-0.4, -0.2) is 32.9 Å². The second kappa shape index (κ2) is 741. The molecule has 1 radical (unpaired) electrons. The summed E-state index contributed by atoms with van der Waals surface area (Å²) in [6, 6.07) is 0. The molecule has 6 nitrogen and oxygen atoms in total. The second-order valence-electron chi connectivity index (χ2n) is 0. The topological polar surface area (TPSA) is 189 Å². The van der Waals surface area contributed by atoms with E-state index in [1.165, 1.54) is 0 Å². The Balaban J connectivity index is 0. The van der Waals surface area contributed by atoms with Gasteiger partial charge in [-0.1, -0.05) is 0 Å². The Morgan fingerprint density at radius 3 is 0.333 bits per heavy atom. The Morgan fingerprint density at radius 2 is 0.333 bits per heavy atom. The van der Waals surface area contributed by atoms with E-state index in [0.717, 1.165) is 0 Å². The van der Waals surface area contributed by atoms with Crippen LogP contribution in [0.4, 0.5) is 0 Å². The molecule has 0 saturated heterocycles. The van der Waals surface area contributed by atoms with Crippen molar-refractivity contribution in [2.24, 2.45) is 0 Å². The minimum Gasteiger partial charge on any atom is -1.00 e. The zero-order valence-corrected chi connectivity index (χ0v) is 6.83. The van der Waals surface area contributed by atoms with E-state index >= 15 is 0 Å². The van der Waals surface area contributed by atoms with Gasteiger partial charge in [-0.25, -0.2) is 0 Å². The predicted molar refractivity (Wildman–Crippen MR) is 21.7 cm³/mol. The van der Waals surface area contributed by atoms with Crippen molar-refractivity contribution in [1.29, 1.82) is 0 Å². The molecular weight excluding hydrogens is 222 g/mol. The van der Waals surface area contributed by atoms with Crippen LogP contribution in [0.1, 0.15) is 0 Å². The average molecular weight is 234 g/mol. The SMILES string of the molecule is O.O.O.O.O.O.[Cl-].[Cl-].[Mn+2]. The van der Waals surface area contributed by atoms with Gasteiger partial charge in [-0.2, -0.15) is 0 Å². The molecule has 0 bridgehead atoms. The van der Waals surface area contributed by atoms with Crippen LogP contribution in [0.2, 0.25) is 0 Å². The molecule has 0 aromatic rings. The van der Waals surface area contributed by atoms with Gasteiger partial charge in [0.1, 0.15) is 0 Å². The van der Waals surface area contributed by atoms with Gasteiger partial charge in [0.05, 0.1) is 0 Å². The summed E-state index contributed by atoms with van der Waals surface area (Å²) in [5, 5.41) is 0. The third-order valence-electron chi connectivity index (χ3n) is 0. The maximum atomic E-state index is 0. The van der Waals surface area contributed by atoms with Crippen LogP contribution in [0.25, 0.3) is 0 Å². The predicted octanol–water partition coefficient (Wildman–Crippen LogP) is -10.9. The van der Waals surface area contributed by atoms with E-state index in [9.17, 15) is 0 Å². The van der Waals surface area contributed by atoms with Gasteiger partial charge >= 0.3 is 17.1 Å². The Labute approximate surface area is 75.2 Å². The first-order chi connectivity index (χ1) is 0. The molecule has 0 fully saturated rings. The summed E-state index contributed by atoms with van der Waals surface area (Å²) in [4.78, 5) is 0. The molecule has 0 unspecified atom stereocenters. The molecule has 9 heavy (non-hydrogen) atoms. The second-order valence-corrected chi connectivity index (χ2v) is 0. The first-order valence-electron chi connectivity index (χ1n) is 0. The van der Waals surface area contributed by atoms with Crippen molar-refractivity contribution in [1.82, 2.24) is 0 Å². The quantitative estimate of drug-likeness (QED) is 0.360. The summed E-state index contributed by atoms with van der Waals surface area (Å²) in [5.74, 6) is 0. The summed E-state index contributed by atoms with van der Waals surface area (Å²) in [7, 11) is 0. The summed E-state index contributed by atoms with van der Waals surface area (Å²) in [6.45, 7) is 0. The smallest absolute Gasteiger partial charge is 1.00 e. The summed E-state index contributed by atoms with van der Waals surface area (Å²) in [5.41, 5.74) is 0. The molecule has 0 amide bonds. The minimum atomic E-state index is 0. The van der Waals surface area contributed by atoms with Crippen LogP contribution in [0, 0.1) is 0 Å². The number of hydrogen-bond acceptors (Lipinski definition) is 0. The molecule has 69 valence electrons. The third-order valence-corrected chi connectivity index (χ3v) is 0. The van der Waals surface area contributed by atoms with Crippen molar-refractivity contribution in [2.45, 2.75) is 0 Å². The fourth-order valence-corrected chi connectivity index (χ4v) is 0. The first-order valence-corrected chi connectivity index (χ1v) is 0. The molecule has 0 heterocycles. The first kappa shape index (κ1) is 1050. The van der Waals surface area contributed by atoms with Crippen molar-refractivity contribution >= 4 is 0 Å². The van der Waals surface area contributed by atoms with Crippen molar-refractivity contribution < 1.29 is 74.7 Å². The molecule has 12 N–H and O–H groups in total. The molecular formula is H12Cl2MnO6. The molecule has 0 aromatic carbocycles. The van der Waals surface area contributed by atoms with Gasteiger partial charge < -0.3 is 57.7 Å². The monoisotopic (exact) mass is 233 g/mol. The molecule has 0 aliphatic heterocycles. The Hall–Kier alpha value is 0.859. The summed E-state index contributed by atoms with van der Waals surface area (Å²) >= 11 is 0. The Bertz CT molecular complexity index is 11.0. The van der Waals surface area contributed by atoms with E-state index in [1.54, 1.807) is 0 Å². The summed E-state index contributed by atoms with van der Waals surface area (Å²) in [6.07, 6.45) is 0. The third kappa shape index (κ3) is 564. The Morgan fingerprint density at radius 1 is 0.333 bits per heavy atom. The van der Waals surface area contributed by atoms with Crippen molar-refractivity contribution in [3.05, 3.63) is 0 Å². The Kier molecular flexibility index (Phi) is 86200. The van der Waals surface area contributed by atoms with Crippen LogP contribution in [-0.2, 0) is 17.1 Å². The number of halogens is 2. The standard InChI is InChI=1S/2ClH.Mn.6H2O/h2*1H;;6*1H2/q;;+2;;;;;;/p-2. The van der Waals surface area contributed by atoms with E-state index in [1.807, 2.05) is 0 Å². The van der Waals surface area contributed by atoms with Crippen molar-refractivity contribution in [3.63, 3.8) is 0 Å². The van der Waals surface area contributed by atoms with Crippen molar-refractivity contribution in [3.8, 4) is 0 Å². The molecule has 0 rings (SSSR count). The normalized spacial score (nSPS) is 0. The van der Waals surface area contributed by atoms with E-state index in [4.69, 9.17) is 0 Å². The zero-order valence-electron chi connectivity index (χ0n) is 4.13. The van der Waals surface area contributed by atoms with Gasteiger partial charge in [-0.3, -0.25) is 0 Å². The largest absolute Gasteiger partial charge is 2.00 e. The zero-order chi connectivity index (χ0) is 0. The van der Waals surface area contributed by atoms with E-state index in [2.05, 4.69) is 0 Å². The molecule has 0 aliphatic carbocycles. The minimum absolute atomic E-state index is 0. The molecule has 0 spiro atoms. The van der Waals surface area contributed by atoms with E-state index < -0.39 is 0 Å². The van der Waals surface area contributed by atoms with Gasteiger partial charge in [0, 0.05) is 0 Å². The van der Waals surface area contributed by atoms with E-state index in [0.29, 0.717) is 0 Å². The summed E-state index contributed by atoms with van der Waals surface area (Å²) < 4.78 is 0. The number of hydrogen-bond donors (Lipinski definition) is 0. The average Bonchev–Trinajstić information content (AvgIpc) is 0. The molecule has 0 aliphatic rings. The van der Waals surface area contributed by atoms with E-state index in [-0.39, 0.29) is 74.7 Å². The maximum Gasteiger partial charge on any atom is 2.00 e. The molecule has 0 saturated carbocycles. The van der Waals surface area contributed by atoms with Gasteiger partial charge in [-0.15, -0.1) is 0 Å². The van der Waals surface area contributed by atoms with Gasteiger partial charge in [-0.05, 0) is 0 Å². The fourth-order valence-electron chi connectivity index (χ4n) is 0. The molecule has 0 aromatic heterocycles. The molecule has 9 heteroatoms. The van der Waals surface area contributed by atoms with Crippen LogP contribution in [0.5, 0.6) is 0 Å². The fraction of sp³-hybridized carbons (Fsp3) is 0. The molecule has 0 atom stereocenters.